The highest BCUT2D eigenvalue weighted by Gasteiger charge is 2.06. The van der Waals surface area contributed by atoms with Crippen molar-refractivity contribution in [3.63, 3.8) is 0 Å². The first-order valence-electron chi connectivity index (χ1n) is 4.86. The predicted octanol–water partition coefficient (Wildman–Crippen LogP) is 1.81. The molecule has 0 unspecified atom stereocenters. The SMILES string of the molecule is CON=C(C)CC(CC(C)=NOC)=NOC. The molecule has 0 aliphatic rings. The average Bonchev–Trinajstić information content (AvgIpc) is 2.18. The van der Waals surface area contributed by atoms with Crippen LogP contribution in [0.4, 0.5) is 0 Å². The van der Waals surface area contributed by atoms with Gasteiger partial charge in [0.1, 0.15) is 21.3 Å². The topological polar surface area (TPSA) is 64.8 Å². The number of nitrogens with zero attached hydrogens (tertiary/aromatic N) is 3. The minimum atomic E-state index is 0.582. The summed E-state index contributed by atoms with van der Waals surface area (Å²) < 4.78 is 0. The fourth-order valence-corrected chi connectivity index (χ4v) is 1.22. The number of oxime groups is 3. The highest BCUT2D eigenvalue weighted by molar-refractivity contribution is 6.11. The van der Waals surface area contributed by atoms with Crippen LogP contribution in [0.25, 0.3) is 0 Å². The van der Waals surface area contributed by atoms with Gasteiger partial charge in [0.05, 0.1) is 17.1 Å². The second-order valence-corrected chi connectivity index (χ2v) is 3.21. The van der Waals surface area contributed by atoms with Gasteiger partial charge in [0.2, 0.25) is 0 Å². The molecule has 0 aromatic carbocycles. The Morgan fingerprint density at radius 2 is 1.12 bits per heavy atom. The zero-order chi connectivity index (χ0) is 12.4. The Kier molecular flexibility index (Phi) is 7.83. The summed E-state index contributed by atoms with van der Waals surface area (Å²) in [6.07, 6.45) is 1.16. The summed E-state index contributed by atoms with van der Waals surface area (Å²) in [5.74, 6) is 0. The molecule has 0 N–H and O–H groups in total. The third kappa shape index (κ3) is 6.80. The zero-order valence-corrected chi connectivity index (χ0v) is 10.5. The van der Waals surface area contributed by atoms with Gasteiger partial charge >= 0.3 is 0 Å². The van der Waals surface area contributed by atoms with Gasteiger partial charge in [0, 0.05) is 12.8 Å². The summed E-state index contributed by atoms with van der Waals surface area (Å²) in [5.41, 5.74) is 2.46. The number of hydrogen-bond acceptors (Lipinski definition) is 6. The van der Waals surface area contributed by atoms with Crippen LogP contribution in [0.1, 0.15) is 26.7 Å². The fourth-order valence-electron chi connectivity index (χ4n) is 1.22. The molecule has 0 amide bonds. The van der Waals surface area contributed by atoms with E-state index in [1.54, 1.807) is 0 Å². The van der Waals surface area contributed by atoms with E-state index in [4.69, 9.17) is 4.84 Å². The van der Waals surface area contributed by atoms with Gasteiger partial charge in [-0.2, -0.15) is 0 Å². The zero-order valence-electron chi connectivity index (χ0n) is 10.5. The van der Waals surface area contributed by atoms with Crippen LogP contribution >= 0.6 is 0 Å². The third-order valence-electron chi connectivity index (χ3n) is 1.63. The lowest BCUT2D eigenvalue weighted by Crippen LogP contribution is -2.10. The van der Waals surface area contributed by atoms with Crippen LogP contribution in [0.15, 0.2) is 15.5 Å². The molecule has 0 heterocycles. The summed E-state index contributed by atoms with van der Waals surface area (Å²) in [7, 11) is 4.52. The Morgan fingerprint density at radius 1 is 0.750 bits per heavy atom. The van der Waals surface area contributed by atoms with Crippen molar-refractivity contribution in [1.29, 1.82) is 0 Å². The maximum absolute atomic E-state index is 4.76. The van der Waals surface area contributed by atoms with Crippen molar-refractivity contribution in [2.45, 2.75) is 26.7 Å². The molecule has 0 saturated heterocycles. The Bertz CT molecular complexity index is 261. The predicted molar refractivity (Wildman–Crippen MR) is 63.9 cm³/mol. The molecule has 0 aliphatic carbocycles. The first-order valence-corrected chi connectivity index (χ1v) is 4.86. The first kappa shape index (κ1) is 14.4. The first-order chi connectivity index (χ1) is 7.63. The van der Waals surface area contributed by atoms with Crippen molar-refractivity contribution >= 4 is 17.1 Å². The number of rotatable bonds is 7. The van der Waals surface area contributed by atoms with Gasteiger partial charge in [-0.1, -0.05) is 15.5 Å². The van der Waals surface area contributed by atoms with Crippen molar-refractivity contribution in [3.05, 3.63) is 0 Å². The van der Waals surface area contributed by atoms with E-state index in [0.717, 1.165) is 17.1 Å². The van der Waals surface area contributed by atoms with Crippen LogP contribution in [-0.4, -0.2) is 38.5 Å². The van der Waals surface area contributed by atoms with E-state index in [0.29, 0.717) is 12.8 Å². The van der Waals surface area contributed by atoms with Gasteiger partial charge in [-0.05, 0) is 13.8 Å². The van der Waals surface area contributed by atoms with Crippen molar-refractivity contribution in [3.8, 4) is 0 Å². The van der Waals surface area contributed by atoms with Crippen molar-refractivity contribution in [1.82, 2.24) is 0 Å². The quantitative estimate of drug-likeness (QED) is 0.494. The summed E-state index contributed by atoms with van der Waals surface area (Å²) in [6, 6.07) is 0. The van der Waals surface area contributed by atoms with E-state index in [9.17, 15) is 0 Å². The summed E-state index contributed by atoms with van der Waals surface area (Å²) in [5, 5.41) is 11.5. The third-order valence-corrected chi connectivity index (χ3v) is 1.63. The van der Waals surface area contributed by atoms with Gasteiger partial charge in [-0.15, -0.1) is 0 Å². The standard InChI is InChI=1S/C10H19N3O3/c1-8(11-14-3)6-10(13-16-5)7-9(2)12-15-4/h6-7H2,1-5H3. The fraction of sp³-hybridized carbons (Fsp3) is 0.700. The molecule has 0 saturated carbocycles. The maximum Gasteiger partial charge on any atom is 0.106 e. The minimum absolute atomic E-state index is 0.582. The second-order valence-electron chi connectivity index (χ2n) is 3.21. The maximum atomic E-state index is 4.76. The summed E-state index contributed by atoms with van der Waals surface area (Å²) in [4.78, 5) is 14.1. The van der Waals surface area contributed by atoms with Crippen LogP contribution in [0.2, 0.25) is 0 Å². The molecule has 16 heavy (non-hydrogen) atoms. The highest BCUT2D eigenvalue weighted by atomic mass is 16.6. The Hall–Kier alpha value is -1.59. The molecule has 0 aromatic heterocycles. The van der Waals surface area contributed by atoms with E-state index in [2.05, 4.69) is 25.1 Å². The van der Waals surface area contributed by atoms with Crippen molar-refractivity contribution in [2.24, 2.45) is 15.5 Å². The molecule has 0 atom stereocenters. The van der Waals surface area contributed by atoms with Gasteiger partial charge in [-0.25, -0.2) is 0 Å². The van der Waals surface area contributed by atoms with E-state index >= 15 is 0 Å². The van der Waals surface area contributed by atoms with Gasteiger partial charge in [0.25, 0.3) is 0 Å². The van der Waals surface area contributed by atoms with E-state index < -0.39 is 0 Å². The van der Waals surface area contributed by atoms with E-state index in [1.165, 1.54) is 21.3 Å². The molecule has 0 bridgehead atoms. The number of hydrogen-bond donors (Lipinski definition) is 0. The molecule has 0 fully saturated rings. The molecule has 6 nitrogen and oxygen atoms in total. The van der Waals surface area contributed by atoms with Gasteiger partial charge in [0.15, 0.2) is 0 Å². The van der Waals surface area contributed by atoms with Gasteiger partial charge in [-0.3, -0.25) is 0 Å². The van der Waals surface area contributed by atoms with Crippen LogP contribution < -0.4 is 0 Å². The normalized spacial score (nSPS) is 12.1. The average molecular weight is 229 g/mol. The second kappa shape index (κ2) is 8.70. The minimum Gasteiger partial charge on any atom is -0.399 e. The smallest absolute Gasteiger partial charge is 0.106 e. The van der Waals surface area contributed by atoms with Crippen molar-refractivity contribution in [2.75, 3.05) is 21.3 Å². The monoisotopic (exact) mass is 229 g/mol. The molecule has 0 rings (SSSR count). The van der Waals surface area contributed by atoms with Crippen LogP contribution in [-0.2, 0) is 14.5 Å². The lowest BCUT2D eigenvalue weighted by Gasteiger charge is -2.04. The molecule has 6 heteroatoms. The molecular formula is C10H19N3O3. The summed E-state index contributed by atoms with van der Waals surface area (Å²) >= 11 is 0. The van der Waals surface area contributed by atoms with Gasteiger partial charge < -0.3 is 14.5 Å². The Morgan fingerprint density at radius 3 is 1.44 bits per heavy atom. The Labute approximate surface area is 95.9 Å². The van der Waals surface area contributed by atoms with E-state index in [1.807, 2.05) is 13.8 Å². The lowest BCUT2D eigenvalue weighted by molar-refractivity contribution is 0.209. The van der Waals surface area contributed by atoms with Crippen LogP contribution in [0.3, 0.4) is 0 Å². The summed E-state index contributed by atoms with van der Waals surface area (Å²) in [6.45, 7) is 3.72. The highest BCUT2D eigenvalue weighted by Crippen LogP contribution is 2.00. The molecular weight excluding hydrogens is 210 g/mol. The molecule has 0 aromatic rings. The van der Waals surface area contributed by atoms with Crippen molar-refractivity contribution < 1.29 is 14.5 Å². The van der Waals surface area contributed by atoms with E-state index in [-0.39, 0.29) is 0 Å². The molecule has 0 spiro atoms. The molecule has 0 aliphatic heterocycles. The van der Waals surface area contributed by atoms with Crippen LogP contribution in [0, 0.1) is 0 Å². The molecule has 0 radical (unpaired) electrons. The lowest BCUT2D eigenvalue weighted by atomic mass is 10.1. The van der Waals surface area contributed by atoms with Crippen LogP contribution in [0.5, 0.6) is 0 Å². The Balaban J connectivity index is 4.46. The molecule has 92 valence electrons. The largest absolute Gasteiger partial charge is 0.399 e.